The van der Waals surface area contributed by atoms with Crippen LogP contribution in [-0.4, -0.2) is 37.3 Å². The molecule has 3 rings (SSSR count). The molecule has 30 heavy (non-hydrogen) atoms. The van der Waals surface area contributed by atoms with Crippen molar-refractivity contribution in [3.05, 3.63) is 47.8 Å². The maximum Gasteiger partial charge on any atom is 0.251 e. The summed E-state index contributed by atoms with van der Waals surface area (Å²) < 4.78 is 17.2. The molecule has 1 aliphatic carbocycles. The van der Waals surface area contributed by atoms with E-state index in [1.807, 2.05) is 33.2 Å². The fraction of sp³-hybridized carbons (Fsp3) is 0.500. The van der Waals surface area contributed by atoms with Gasteiger partial charge in [0.15, 0.2) is 11.5 Å². The van der Waals surface area contributed by atoms with E-state index >= 15 is 0 Å². The lowest BCUT2D eigenvalue weighted by molar-refractivity contribution is 0.0942. The molecule has 0 atom stereocenters. The first-order valence-electron chi connectivity index (χ1n) is 10.9. The van der Waals surface area contributed by atoms with Gasteiger partial charge in [0.2, 0.25) is 5.75 Å². The van der Waals surface area contributed by atoms with E-state index in [4.69, 9.17) is 14.2 Å². The van der Waals surface area contributed by atoms with Crippen LogP contribution in [0, 0.1) is 0 Å². The summed E-state index contributed by atoms with van der Waals surface area (Å²) in [5, 5.41) is 3.16. The van der Waals surface area contributed by atoms with Crippen molar-refractivity contribution in [2.45, 2.75) is 51.9 Å². The van der Waals surface area contributed by atoms with E-state index in [1.165, 1.54) is 18.4 Å². The van der Waals surface area contributed by atoms with Crippen LogP contribution >= 0.6 is 0 Å². The summed E-state index contributed by atoms with van der Waals surface area (Å²) in [6.07, 6.45) is 8.12. The molecule has 1 amide bonds. The van der Waals surface area contributed by atoms with Crippen molar-refractivity contribution in [1.82, 2.24) is 10.3 Å². The average Bonchev–Trinajstić information content (AvgIpc) is 3.25. The zero-order chi connectivity index (χ0) is 21.4. The van der Waals surface area contributed by atoms with Crippen molar-refractivity contribution in [2.24, 2.45) is 0 Å². The molecule has 0 aliphatic heterocycles. The molecule has 1 heterocycles. The summed E-state index contributed by atoms with van der Waals surface area (Å²) in [6.45, 7) is 7.75. The fourth-order valence-corrected chi connectivity index (χ4v) is 4.20. The lowest BCUT2D eigenvalue weighted by Crippen LogP contribution is -2.39. The van der Waals surface area contributed by atoms with Gasteiger partial charge in [0.25, 0.3) is 5.91 Å². The molecular weight excluding hydrogens is 380 g/mol. The van der Waals surface area contributed by atoms with Crippen LogP contribution in [0.2, 0.25) is 0 Å². The number of benzene rings is 1. The maximum atomic E-state index is 13.1. The molecule has 0 radical (unpaired) electrons. The molecule has 0 bridgehead atoms. The minimum absolute atomic E-state index is 0.0324. The second-order valence-corrected chi connectivity index (χ2v) is 7.51. The van der Waals surface area contributed by atoms with Gasteiger partial charge in [-0.3, -0.25) is 9.78 Å². The molecule has 1 fully saturated rings. The first-order valence-corrected chi connectivity index (χ1v) is 10.9. The minimum atomic E-state index is -0.139. The molecule has 2 aromatic rings. The Balaban J connectivity index is 1.83. The molecule has 1 aromatic heterocycles. The standard InChI is InChI=1S/C24H32N2O4/c1-4-28-20-15-18(16-21(29-5-2)22(20)30-6-3)23(27)26-17-24(11-7-8-12-24)19-9-13-25-14-10-19/h9-10,13-16H,4-8,11-12,17H2,1-3H3,(H,26,27). The fourth-order valence-electron chi connectivity index (χ4n) is 4.20. The highest BCUT2D eigenvalue weighted by Gasteiger charge is 2.36. The summed E-state index contributed by atoms with van der Waals surface area (Å²) in [5.41, 5.74) is 1.72. The molecule has 1 aromatic carbocycles. The van der Waals surface area contributed by atoms with E-state index in [9.17, 15) is 4.79 Å². The highest BCUT2D eigenvalue weighted by atomic mass is 16.5. The molecule has 6 heteroatoms. The Hall–Kier alpha value is -2.76. The Morgan fingerprint density at radius 1 is 0.967 bits per heavy atom. The first kappa shape index (κ1) is 21.9. The van der Waals surface area contributed by atoms with Gasteiger partial charge in [-0.15, -0.1) is 0 Å². The number of ether oxygens (including phenoxy) is 3. The second-order valence-electron chi connectivity index (χ2n) is 7.51. The predicted molar refractivity (Wildman–Crippen MR) is 117 cm³/mol. The quantitative estimate of drug-likeness (QED) is 0.621. The summed E-state index contributed by atoms with van der Waals surface area (Å²) >= 11 is 0. The number of hydrogen-bond donors (Lipinski definition) is 1. The molecule has 0 saturated heterocycles. The van der Waals surface area contributed by atoms with Crippen LogP contribution < -0.4 is 19.5 Å². The summed E-state index contributed by atoms with van der Waals surface area (Å²) in [5.74, 6) is 1.46. The average molecular weight is 413 g/mol. The monoisotopic (exact) mass is 412 g/mol. The van der Waals surface area contributed by atoms with Crippen molar-refractivity contribution in [1.29, 1.82) is 0 Å². The lowest BCUT2D eigenvalue weighted by atomic mass is 9.79. The van der Waals surface area contributed by atoms with Gasteiger partial charge in [0, 0.05) is 29.9 Å². The van der Waals surface area contributed by atoms with Gasteiger partial charge in [-0.2, -0.15) is 0 Å². The summed E-state index contributed by atoms with van der Waals surface area (Å²) in [4.78, 5) is 17.2. The number of carbonyl (C=O) groups is 1. The molecule has 0 spiro atoms. The van der Waals surface area contributed by atoms with E-state index < -0.39 is 0 Å². The number of rotatable bonds is 10. The van der Waals surface area contributed by atoms with E-state index in [-0.39, 0.29) is 11.3 Å². The van der Waals surface area contributed by atoms with E-state index in [0.29, 0.717) is 49.2 Å². The summed E-state index contributed by atoms with van der Waals surface area (Å²) in [7, 11) is 0. The summed E-state index contributed by atoms with van der Waals surface area (Å²) in [6, 6.07) is 7.60. The SMILES string of the molecule is CCOc1cc(C(=O)NCC2(c3ccncc3)CCCC2)cc(OCC)c1OCC. The van der Waals surface area contributed by atoms with Crippen LogP contribution in [0.1, 0.15) is 62.4 Å². The highest BCUT2D eigenvalue weighted by Crippen LogP contribution is 2.41. The number of hydrogen-bond acceptors (Lipinski definition) is 5. The van der Waals surface area contributed by atoms with Crippen LogP contribution in [0.5, 0.6) is 17.2 Å². The molecule has 162 valence electrons. The van der Waals surface area contributed by atoms with Crippen molar-refractivity contribution in [3.8, 4) is 17.2 Å². The van der Waals surface area contributed by atoms with Crippen molar-refractivity contribution >= 4 is 5.91 Å². The smallest absolute Gasteiger partial charge is 0.251 e. The van der Waals surface area contributed by atoms with Crippen LogP contribution in [0.3, 0.4) is 0 Å². The maximum absolute atomic E-state index is 13.1. The molecule has 1 N–H and O–H groups in total. The molecular formula is C24H32N2O4. The van der Waals surface area contributed by atoms with Gasteiger partial charge in [0.05, 0.1) is 19.8 Å². The molecule has 6 nitrogen and oxygen atoms in total. The number of aromatic nitrogens is 1. The van der Waals surface area contributed by atoms with E-state index in [1.54, 1.807) is 12.1 Å². The number of pyridine rings is 1. The Labute approximate surface area is 178 Å². The first-order chi connectivity index (χ1) is 14.6. The van der Waals surface area contributed by atoms with Gasteiger partial charge in [0.1, 0.15) is 0 Å². The minimum Gasteiger partial charge on any atom is -0.490 e. The second kappa shape index (κ2) is 10.3. The number of nitrogens with zero attached hydrogens (tertiary/aromatic N) is 1. The Morgan fingerprint density at radius 2 is 1.53 bits per heavy atom. The van der Waals surface area contributed by atoms with Crippen LogP contribution in [0.25, 0.3) is 0 Å². The Bertz CT molecular complexity index is 805. The topological polar surface area (TPSA) is 69.7 Å². The van der Waals surface area contributed by atoms with Gasteiger partial charge >= 0.3 is 0 Å². The Kier molecular flexibility index (Phi) is 7.55. The highest BCUT2D eigenvalue weighted by molar-refractivity contribution is 5.95. The van der Waals surface area contributed by atoms with Gasteiger partial charge < -0.3 is 19.5 Å². The normalized spacial score (nSPS) is 14.9. The number of nitrogens with one attached hydrogen (secondary N) is 1. The number of amides is 1. The van der Waals surface area contributed by atoms with Crippen molar-refractivity contribution < 1.29 is 19.0 Å². The zero-order valence-electron chi connectivity index (χ0n) is 18.2. The third-order valence-electron chi connectivity index (χ3n) is 5.61. The van der Waals surface area contributed by atoms with Crippen LogP contribution in [-0.2, 0) is 5.41 Å². The molecule has 1 aliphatic rings. The third-order valence-corrected chi connectivity index (χ3v) is 5.61. The lowest BCUT2D eigenvalue weighted by Gasteiger charge is -2.30. The third kappa shape index (κ3) is 4.86. The van der Waals surface area contributed by atoms with Gasteiger partial charge in [-0.25, -0.2) is 0 Å². The van der Waals surface area contributed by atoms with Crippen molar-refractivity contribution in [2.75, 3.05) is 26.4 Å². The zero-order valence-corrected chi connectivity index (χ0v) is 18.2. The molecule has 0 unspecified atom stereocenters. The van der Waals surface area contributed by atoms with Gasteiger partial charge in [-0.05, 0) is 63.4 Å². The van der Waals surface area contributed by atoms with Crippen LogP contribution in [0.4, 0.5) is 0 Å². The van der Waals surface area contributed by atoms with Crippen molar-refractivity contribution in [3.63, 3.8) is 0 Å². The van der Waals surface area contributed by atoms with Gasteiger partial charge in [-0.1, -0.05) is 12.8 Å². The van der Waals surface area contributed by atoms with E-state index in [0.717, 1.165) is 12.8 Å². The molecule has 1 saturated carbocycles. The predicted octanol–water partition coefficient (Wildman–Crippen LogP) is 4.52. The van der Waals surface area contributed by atoms with E-state index in [2.05, 4.69) is 22.4 Å². The largest absolute Gasteiger partial charge is 0.490 e. The Morgan fingerprint density at radius 3 is 2.07 bits per heavy atom. The van der Waals surface area contributed by atoms with Crippen LogP contribution in [0.15, 0.2) is 36.7 Å². The number of carbonyl (C=O) groups excluding carboxylic acids is 1.